The third-order valence-electron chi connectivity index (χ3n) is 4.50. The van der Waals surface area contributed by atoms with E-state index in [9.17, 15) is 9.59 Å². The van der Waals surface area contributed by atoms with Crippen LogP contribution >= 0.6 is 0 Å². The first-order valence-corrected chi connectivity index (χ1v) is 7.62. The topological polar surface area (TPSA) is 58.6 Å². The van der Waals surface area contributed by atoms with Gasteiger partial charge in [-0.05, 0) is 45.4 Å². The minimum Gasteiger partial charge on any atom is -0.468 e. The number of nitrogens with one attached hydrogen (secondary N) is 1. The Hall–Kier alpha value is -1.10. The molecule has 5 nitrogen and oxygen atoms in total. The number of fused-ring (bicyclic) bond motifs is 2. The second-order valence-corrected chi connectivity index (χ2v) is 6.37. The number of piperidine rings is 1. The Labute approximate surface area is 121 Å². The van der Waals surface area contributed by atoms with Crippen LogP contribution in [0.4, 0.5) is 0 Å². The Bertz CT molecular complexity index is 358. The lowest BCUT2D eigenvalue weighted by Crippen LogP contribution is -2.44. The predicted molar refractivity (Wildman–Crippen MR) is 76.2 cm³/mol. The Morgan fingerprint density at radius 3 is 2.35 bits per heavy atom. The molecule has 2 saturated heterocycles. The lowest BCUT2D eigenvalue weighted by atomic mass is 9.89. The molecule has 2 aliphatic rings. The smallest absolute Gasteiger partial charge is 0.325 e. The number of hydrogen-bond donors (Lipinski definition) is 1. The van der Waals surface area contributed by atoms with Gasteiger partial charge in [-0.1, -0.05) is 0 Å². The second kappa shape index (κ2) is 6.57. The summed E-state index contributed by atoms with van der Waals surface area (Å²) in [6, 6.07) is 1.22. The highest BCUT2D eigenvalue weighted by Crippen LogP contribution is 2.33. The Kier molecular flexibility index (Phi) is 5.02. The van der Waals surface area contributed by atoms with E-state index in [0.29, 0.717) is 24.4 Å². The van der Waals surface area contributed by atoms with Gasteiger partial charge in [0.2, 0.25) is 5.91 Å². The van der Waals surface area contributed by atoms with E-state index in [-0.39, 0.29) is 24.5 Å². The summed E-state index contributed by atoms with van der Waals surface area (Å²) in [6.07, 6.45) is 5.22. The fourth-order valence-corrected chi connectivity index (χ4v) is 3.47. The van der Waals surface area contributed by atoms with Crippen molar-refractivity contribution in [2.24, 2.45) is 5.92 Å². The summed E-state index contributed by atoms with van der Waals surface area (Å²) < 4.78 is 4.67. The van der Waals surface area contributed by atoms with E-state index in [1.54, 1.807) is 4.90 Å². The van der Waals surface area contributed by atoms with Crippen LogP contribution in [0.25, 0.3) is 0 Å². The Morgan fingerprint density at radius 2 is 1.85 bits per heavy atom. The highest BCUT2D eigenvalue weighted by Gasteiger charge is 2.35. The first-order valence-electron chi connectivity index (χ1n) is 7.62. The van der Waals surface area contributed by atoms with Crippen LogP contribution in [-0.4, -0.2) is 48.6 Å². The molecule has 1 amide bonds. The molecule has 0 spiro atoms. The number of esters is 1. The van der Waals surface area contributed by atoms with Gasteiger partial charge in [0.1, 0.15) is 6.54 Å². The molecular formula is C15H26N2O3. The number of nitrogens with zero attached hydrogens (tertiary/aromatic N) is 1. The number of amides is 1. The molecule has 114 valence electrons. The largest absolute Gasteiger partial charge is 0.468 e. The zero-order valence-electron chi connectivity index (χ0n) is 12.7. The van der Waals surface area contributed by atoms with Crippen molar-refractivity contribution >= 4 is 11.9 Å². The van der Waals surface area contributed by atoms with Gasteiger partial charge >= 0.3 is 5.97 Å². The molecule has 2 unspecified atom stereocenters. The zero-order chi connectivity index (χ0) is 14.7. The molecular weight excluding hydrogens is 256 g/mol. The molecule has 2 heterocycles. The average molecular weight is 282 g/mol. The number of rotatable bonds is 5. The molecule has 2 aliphatic heterocycles. The van der Waals surface area contributed by atoms with Crippen molar-refractivity contribution in [2.75, 3.05) is 13.7 Å². The maximum Gasteiger partial charge on any atom is 0.325 e. The minimum atomic E-state index is -0.350. The lowest BCUT2D eigenvalue weighted by molar-refractivity contribution is -0.148. The Morgan fingerprint density at radius 1 is 1.25 bits per heavy atom. The third-order valence-corrected chi connectivity index (χ3v) is 4.50. The van der Waals surface area contributed by atoms with Crippen LogP contribution in [0.2, 0.25) is 0 Å². The van der Waals surface area contributed by atoms with Gasteiger partial charge in [-0.3, -0.25) is 9.59 Å². The summed E-state index contributed by atoms with van der Waals surface area (Å²) in [4.78, 5) is 25.5. The van der Waals surface area contributed by atoms with Crippen molar-refractivity contribution in [3.63, 3.8) is 0 Å². The minimum absolute atomic E-state index is 0.0278. The van der Waals surface area contributed by atoms with Crippen LogP contribution in [0.15, 0.2) is 0 Å². The summed E-state index contributed by atoms with van der Waals surface area (Å²) in [7, 11) is 1.36. The van der Waals surface area contributed by atoms with E-state index in [1.165, 1.54) is 20.0 Å². The van der Waals surface area contributed by atoms with E-state index in [2.05, 4.69) is 10.1 Å². The van der Waals surface area contributed by atoms with Gasteiger partial charge in [-0.25, -0.2) is 0 Å². The van der Waals surface area contributed by atoms with Crippen molar-refractivity contribution in [3.05, 3.63) is 0 Å². The number of hydrogen-bond acceptors (Lipinski definition) is 4. The van der Waals surface area contributed by atoms with E-state index in [1.807, 2.05) is 13.8 Å². The maximum absolute atomic E-state index is 12.4. The lowest BCUT2D eigenvalue weighted by Gasteiger charge is -2.32. The molecule has 2 bridgehead atoms. The van der Waals surface area contributed by atoms with E-state index in [4.69, 9.17) is 0 Å². The van der Waals surface area contributed by atoms with Crippen molar-refractivity contribution in [1.29, 1.82) is 0 Å². The van der Waals surface area contributed by atoms with Crippen molar-refractivity contribution < 1.29 is 14.3 Å². The summed E-state index contributed by atoms with van der Waals surface area (Å²) in [5.41, 5.74) is 0. The van der Waals surface area contributed by atoms with E-state index >= 15 is 0 Å². The quantitative estimate of drug-likeness (QED) is 0.773. The number of carbonyl (C=O) groups is 2. The number of ether oxygens (including phenoxy) is 1. The summed E-state index contributed by atoms with van der Waals surface area (Å²) in [5.74, 6) is 0.189. The van der Waals surface area contributed by atoms with Gasteiger partial charge in [0.05, 0.1) is 7.11 Å². The average Bonchev–Trinajstić information content (AvgIpc) is 2.74. The van der Waals surface area contributed by atoms with Crippen LogP contribution in [0.5, 0.6) is 0 Å². The normalized spacial score (nSPS) is 28.5. The van der Waals surface area contributed by atoms with Crippen LogP contribution in [0.3, 0.4) is 0 Å². The van der Waals surface area contributed by atoms with E-state index in [0.717, 1.165) is 12.8 Å². The SMILES string of the molecule is COC(=O)CN(C(=O)CC1CC2CCC(C1)N2)C(C)C. The number of carbonyl (C=O) groups excluding carboxylic acids is 2. The molecule has 0 aromatic rings. The molecule has 2 fully saturated rings. The van der Waals surface area contributed by atoms with Crippen LogP contribution in [-0.2, 0) is 14.3 Å². The molecule has 2 atom stereocenters. The van der Waals surface area contributed by atoms with Gasteiger partial charge < -0.3 is 15.0 Å². The zero-order valence-corrected chi connectivity index (χ0v) is 12.7. The third kappa shape index (κ3) is 3.72. The monoisotopic (exact) mass is 282 g/mol. The second-order valence-electron chi connectivity index (χ2n) is 6.37. The molecule has 0 aromatic heterocycles. The van der Waals surface area contributed by atoms with Gasteiger partial charge in [-0.15, -0.1) is 0 Å². The molecule has 0 saturated carbocycles. The molecule has 0 radical (unpaired) electrons. The fourth-order valence-electron chi connectivity index (χ4n) is 3.47. The van der Waals surface area contributed by atoms with Gasteiger partial charge in [0.25, 0.3) is 0 Å². The number of methoxy groups -OCH3 is 1. The summed E-state index contributed by atoms with van der Waals surface area (Å²) in [6.45, 7) is 3.94. The van der Waals surface area contributed by atoms with Crippen molar-refractivity contribution in [3.8, 4) is 0 Å². The van der Waals surface area contributed by atoms with Gasteiger partial charge in [0, 0.05) is 24.5 Å². The summed E-state index contributed by atoms with van der Waals surface area (Å²) in [5, 5.41) is 3.59. The maximum atomic E-state index is 12.4. The standard InChI is InChI=1S/C15H26N2O3/c1-10(2)17(9-15(19)20-3)14(18)8-11-6-12-4-5-13(7-11)16-12/h10-13,16H,4-9H2,1-3H3. The first kappa shape index (κ1) is 15.3. The Balaban J connectivity index is 1.89. The fraction of sp³-hybridized carbons (Fsp3) is 0.867. The molecule has 0 aromatic carbocycles. The van der Waals surface area contributed by atoms with E-state index < -0.39 is 0 Å². The van der Waals surface area contributed by atoms with Crippen LogP contribution < -0.4 is 5.32 Å². The van der Waals surface area contributed by atoms with Crippen molar-refractivity contribution in [2.45, 2.75) is 64.1 Å². The highest BCUT2D eigenvalue weighted by atomic mass is 16.5. The van der Waals surface area contributed by atoms with Gasteiger partial charge in [-0.2, -0.15) is 0 Å². The van der Waals surface area contributed by atoms with Crippen molar-refractivity contribution in [1.82, 2.24) is 10.2 Å². The molecule has 2 rings (SSSR count). The molecule has 0 aliphatic carbocycles. The van der Waals surface area contributed by atoms with Crippen LogP contribution in [0, 0.1) is 5.92 Å². The highest BCUT2D eigenvalue weighted by molar-refractivity contribution is 5.82. The molecule has 5 heteroatoms. The van der Waals surface area contributed by atoms with Crippen LogP contribution in [0.1, 0.15) is 46.0 Å². The molecule has 1 N–H and O–H groups in total. The molecule has 20 heavy (non-hydrogen) atoms. The summed E-state index contributed by atoms with van der Waals surface area (Å²) >= 11 is 0. The first-order chi connectivity index (χ1) is 9.49. The predicted octanol–water partition coefficient (Wildman–Crippen LogP) is 1.32. The van der Waals surface area contributed by atoms with Gasteiger partial charge in [0.15, 0.2) is 0 Å².